The lowest BCUT2D eigenvalue weighted by molar-refractivity contribution is 0.597. The third-order valence-electron chi connectivity index (χ3n) is 7.32. The van der Waals surface area contributed by atoms with Crippen molar-refractivity contribution in [2.75, 3.05) is 0 Å². The summed E-state index contributed by atoms with van der Waals surface area (Å²) >= 11 is 3.95. The molecule has 30 heavy (non-hydrogen) atoms. The van der Waals surface area contributed by atoms with E-state index < -0.39 is 0 Å². The second-order valence-electron chi connectivity index (χ2n) is 9.21. The van der Waals surface area contributed by atoms with Crippen molar-refractivity contribution < 1.29 is 0 Å². The standard InChI is InChI=1S/C27H21BS2/c1-27(2)18-9-4-3-8-16(18)17-14-15-20-26(24(17)27)30-23-13-7-12-22-25(23)28(20)19-10-5-6-11-21(19)29-22/h3,5-8,10-15H,4,9H2,1-2H3. The Morgan fingerprint density at radius 1 is 0.833 bits per heavy atom. The van der Waals surface area contributed by atoms with Gasteiger partial charge >= 0.3 is 0 Å². The zero-order valence-corrected chi connectivity index (χ0v) is 18.8. The van der Waals surface area contributed by atoms with E-state index in [1.807, 2.05) is 23.5 Å². The minimum atomic E-state index is 0.103. The molecule has 0 bridgehead atoms. The van der Waals surface area contributed by atoms with Crippen molar-refractivity contribution >= 4 is 52.2 Å². The number of fused-ring (bicyclic) bond motifs is 7. The summed E-state index contributed by atoms with van der Waals surface area (Å²) in [6.45, 7) is 5.24. The van der Waals surface area contributed by atoms with Gasteiger partial charge in [0.05, 0.1) is 0 Å². The fraction of sp³-hybridized carbons (Fsp3) is 0.185. The summed E-state index contributed by atoms with van der Waals surface area (Å²) in [4.78, 5) is 5.79. The Hall–Kier alpha value is -2.10. The molecule has 2 aliphatic heterocycles. The van der Waals surface area contributed by atoms with E-state index in [1.165, 1.54) is 59.9 Å². The van der Waals surface area contributed by atoms with Crippen LogP contribution in [0.5, 0.6) is 0 Å². The predicted molar refractivity (Wildman–Crippen MR) is 131 cm³/mol. The van der Waals surface area contributed by atoms with Gasteiger partial charge in [-0.3, -0.25) is 0 Å². The molecule has 7 rings (SSSR count). The quantitative estimate of drug-likeness (QED) is 0.302. The summed E-state index contributed by atoms with van der Waals surface area (Å²) in [5, 5.41) is 0. The van der Waals surface area contributed by atoms with E-state index in [4.69, 9.17) is 0 Å². The summed E-state index contributed by atoms with van der Waals surface area (Å²) in [6, 6.07) is 20.8. The van der Waals surface area contributed by atoms with E-state index in [2.05, 4.69) is 80.6 Å². The minimum Gasteiger partial charge on any atom is -0.0911 e. The van der Waals surface area contributed by atoms with Gasteiger partial charge in [-0.15, -0.1) is 0 Å². The molecule has 0 radical (unpaired) electrons. The highest BCUT2D eigenvalue weighted by molar-refractivity contribution is 8.01. The smallest absolute Gasteiger partial charge is 0.0911 e. The van der Waals surface area contributed by atoms with Crippen LogP contribution in [0.2, 0.25) is 0 Å². The van der Waals surface area contributed by atoms with Crippen LogP contribution in [0, 0.1) is 0 Å². The van der Waals surface area contributed by atoms with Crippen LogP contribution in [0.25, 0.3) is 5.57 Å². The van der Waals surface area contributed by atoms with E-state index in [1.54, 1.807) is 11.1 Å². The minimum absolute atomic E-state index is 0.103. The molecule has 2 aliphatic carbocycles. The number of hydrogen-bond acceptors (Lipinski definition) is 2. The lowest BCUT2D eigenvalue weighted by atomic mass is 9.36. The van der Waals surface area contributed by atoms with Gasteiger partial charge in [0.1, 0.15) is 0 Å². The first-order valence-electron chi connectivity index (χ1n) is 10.8. The van der Waals surface area contributed by atoms with Crippen molar-refractivity contribution in [3.05, 3.63) is 83.4 Å². The van der Waals surface area contributed by atoms with Gasteiger partial charge in [0.15, 0.2) is 0 Å². The molecule has 0 amide bonds. The summed E-state index contributed by atoms with van der Waals surface area (Å²) in [7, 11) is 0. The SMILES string of the molecule is CC1(C)C2=C(C=CCC2)c2ccc3c(c21)Sc1cccc2c1B3c1ccccc1S2. The Kier molecular flexibility index (Phi) is 3.51. The van der Waals surface area contributed by atoms with Crippen LogP contribution in [-0.2, 0) is 5.41 Å². The van der Waals surface area contributed by atoms with Gasteiger partial charge in [-0.25, -0.2) is 0 Å². The van der Waals surface area contributed by atoms with Crippen LogP contribution < -0.4 is 16.4 Å². The van der Waals surface area contributed by atoms with Crippen LogP contribution in [0.1, 0.15) is 37.8 Å². The second-order valence-corrected chi connectivity index (χ2v) is 11.3. The van der Waals surface area contributed by atoms with E-state index in [0.29, 0.717) is 6.71 Å². The fourth-order valence-corrected chi connectivity index (χ4v) is 8.71. The molecular formula is C27H21BS2. The number of rotatable bonds is 0. The highest BCUT2D eigenvalue weighted by atomic mass is 32.2. The normalized spacial score (nSPS) is 19.1. The molecule has 4 aliphatic rings. The Bertz CT molecular complexity index is 1330. The van der Waals surface area contributed by atoms with Gasteiger partial charge in [-0.05, 0) is 53.2 Å². The van der Waals surface area contributed by atoms with Crippen LogP contribution in [0.4, 0.5) is 0 Å². The van der Waals surface area contributed by atoms with Gasteiger partial charge < -0.3 is 0 Å². The molecule has 0 aromatic heterocycles. The maximum Gasteiger partial charge on any atom is 0.247 e. The first kappa shape index (κ1) is 17.6. The third kappa shape index (κ3) is 2.13. The molecular weight excluding hydrogens is 399 g/mol. The predicted octanol–water partition coefficient (Wildman–Crippen LogP) is 5.53. The molecule has 0 saturated carbocycles. The lowest BCUT2D eigenvalue weighted by Crippen LogP contribution is -2.58. The highest BCUT2D eigenvalue weighted by Crippen LogP contribution is 2.54. The van der Waals surface area contributed by atoms with Crippen LogP contribution in [0.15, 0.2) is 91.9 Å². The first-order chi connectivity index (χ1) is 14.6. The Balaban J connectivity index is 1.53. The van der Waals surface area contributed by atoms with Gasteiger partial charge in [0.2, 0.25) is 6.71 Å². The van der Waals surface area contributed by atoms with Crippen molar-refractivity contribution in [1.82, 2.24) is 0 Å². The molecule has 0 unspecified atom stereocenters. The monoisotopic (exact) mass is 420 g/mol. The van der Waals surface area contributed by atoms with E-state index >= 15 is 0 Å². The first-order valence-corrected chi connectivity index (χ1v) is 12.4. The maximum atomic E-state index is 2.45. The van der Waals surface area contributed by atoms with Gasteiger partial charge in [0, 0.05) is 25.0 Å². The van der Waals surface area contributed by atoms with Gasteiger partial charge in [-0.2, -0.15) is 0 Å². The molecule has 0 nitrogen and oxygen atoms in total. The largest absolute Gasteiger partial charge is 0.247 e. The van der Waals surface area contributed by atoms with Crippen molar-refractivity contribution in [3.8, 4) is 0 Å². The van der Waals surface area contributed by atoms with Crippen LogP contribution >= 0.6 is 23.5 Å². The van der Waals surface area contributed by atoms with Gasteiger partial charge in [0.25, 0.3) is 0 Å². The number of hydrogen-bond donors (Lipinski definition) is 0. The molecule has 0 atom stereocenters. The zero-order valence-electron chi connectivity index (χ0n) is 17.2. The molecule has 0 spiro atoms. The topological polar surface area (TPSA) is 0 Å². The molecule has 3 aromatic carbocycles. The van der Waals surface area contributed by atoms with Gasteiger partial charge in [-0.1, -0.05) is 102 Å². The summed E-state index contributed by atoms with van der Waals surface area (Å²) in [5.41, 5.74) is 10.7. The summed E-state index contributed by atoms with van der Waals surface area (Å²) in [5.74, 6) is 0. The zero-order chi connectivity index (χ0) is 20.0. The molecule has 2 heterocycles. The molecule has 0 N–H and O–H groups in total. The molecule has 144 valence electrons. The Labute approximate surface area is 186 Å². The Morgan fingerprint density at radius 2 is 1.63 bits per heavy atom. The average molecular weight is 420 g/mol. The van der Waals surface area contributed by atoms with Crippen molar-refractivity contribution in [2.45, 2.75) is 51.7 Å². The summed E-state index contributed by atoms with van der Waals surface area (Å²) < 4.78 is 0. The molecule has 0 saturated heterocycles. The van der Waals surface area contributed by atoms with Crippen LogP contribution in [-0.4, -0.2) is 6.71 Å². The van der Waals surface area contributed by atoms with Crippen molar-refractivity contribution in [3.63, 3.8) is 0 Å². The summed E-state index contributed by atoms with van der Waals surface area (Å²) in [6.07, 6.45) is 7.10. The average Bonchev–Trinajstić information content (AvgIpc) is 3.01. The lowest BCUT2D eigenvalue weighted by Gasteiger charge is -2.36. The Morgan fingerprint density at radius 3 is 2.53 bits per heavy atom. The van der Waals surface area contributed by atoms with E-state index in [-0.39, 0.29) is 5.41 Å². The molecule has 3 aromatic rings. The maximum absolute atomic E-state index is 2.45. The van der Waals surface area contributed by atoms with Crippen LogP contribution in [0.3, 0.4) is 0 Å². The highest BCUT2D eigenvalue weighted by Gasteiger charge is 2.44. The second kappa shape index (κ2) is 5.99. The number of allylic oxidation sites excluding steroid dienone is 4. The fourth-order valence-electron chi connectivity index (χ4n) is 6.00. The van der Waals surface area contributed by atoms with E-state index in [9.17, 15) is 0 Å². The third-order valence-corrected chi connectivity index (χ3v) is 9.70. The molecule has 3 heteroatoms. The van der Waals surface area contributed by atoms with Crippen molar-refractivity contribution in [2.24, 2.45) is 0 Å². The number of benzene rings is 3. The van der Waals surface area contributed by atoms with Crippen molar-refractivity contribution in [1.29, 1.82) is 0 Å². The van der Waals surface area contributed by atoms with E-state index in [0.717, 1.165) is 0 Å². The molecule has 0 fully saturated rings.